The summed E-state index contributed by atoms with van der Waals surface area (Å²) in [7, 11) is 0. The molecule has 2 aromatic carbocycles. The van der Waals surface area contributed by atoms with Crippen LogP contribution in [0.1, 0.15) is 0 Å². The molecule has 5 nitrogen and oxygen atoms in total. The van der Waals surface area contributed by atoms with Gasteiger partial charge in [0.15, 0.2) is 5.13 Å². The first kappa shape index (κ1) is 17.0. The molecule has 0 aliphatic rings. The second-order valence-corrected chi connectivity index (χ2v) is 5.81. The number of anilines is 2. The first-order chi connectivity index (χ1) is 11.8. The van der Waals surface area contributed by atoms with Crippen LogP contribution in [-0.4, -0.2) is 17.4 Å². The number of carbonyl (C=O) groups is 1. The van der Waals surface area contributed by atoms with E-state index in [-0.39, 0.29) is 10.9 Å². The molecule has 25 heavy (non-hydrogen) atoms. The number of ether oxygens (including phenoxy) is 1. The van der Waals surface area contributed by atoms with E-state index in [1.54, 1.807) is 0 Å². The molecule has 0 saturated heterocycles. The third-order valence-corrected chi connectivity index (χ3v) is 3.85. The maximum Gasteiger partial charge on any atom is 0.573 e. The minimum atomic E-state index is -4.78. The molecule has 0 unspecified atom stereocenters. The summed E-state index contributed by atoms with van der Waals surface area (Å²) < 4.78 is 53.7. The van der Waals surface area contributed by atoms with E-state index >= 15 is 0 Å². The van der Waals surface area contributed by atoms with Crippen LogP contribution in [-0.2, 0) is 0 Å². The predicted molar refractivity (Wildman–Crippen MR) is 85.3 cm³/mol. The number of benzene rings is 2. The quantitative estimate of drug-likeness (QED) is 0.639. The molecule has 0 spiro atoms. The van der Waals surface area contributed by atoms with Crippen molar-refractivity contribution in [2.45, 2.75) is 6.36 Å². The van der Waals surface area contributed by atoms with Gasteiger partial charge in [0, 0.05) is 11.8 Å². The van der Waals surface area contributed by atoms with Gasteiger partial charge in [-0.2, -0.15) is 0 Å². The molecular formula is C15H9F4N3O2S. The third kappa shape index (κ3) is 4.57. The number of fused-ring (bicyclic) bond motifs is 1. The summed E-state index contributed by atoms with van der Waals surface area (Å²) in [5, 5.41) is 5.14. The van der Waals surface area contributed by atoms with Gasteiger partial charge in [-0.25, -0.2) is 14.2 Å². The highest BCUT2D eigenvalue weighted by atomic mass is 32.1. The highest BCUT2D eigenvalue weighted by Crippen LogP contribution is 2.31. The first-order valence-electron chi connectivity index (χ1n) is 6.78. The molecule has 0 bridgehead atoms. The summed E-state index contributed by atoms with van der Waals surface area (Å²) in [6.45, 7) is 0. The van der Waals surface area contributed by atoms with Gasteiger partial charge >= 0.3 is 12.4 Å². The van der Waals surface area contributed by atoms with Gasteiger partial charge in [0.05, 0.1) is 10.2 Å². The van der Waals surface area contributed by atoms with Gasteiger partial charge in [0.2, 0.25) is 0 Å². The Kier molecular flexibility index (Phi) is 4.45. The Bertz CT molecular complexity index is 909. The Morgan fingerprint density at radius 3 is 2.48 bits per heavy atom. The summed E-state index contributed by atoms with van der Waals surface area (Å²) in [4.78, 5) is 16.0. The molecule has 2 N–H and O–H groups in total. The molecule has 2 amide bonds. The minimum Gasteiger partial charge on any atom is -0.406 e. The van der Waals surface area contributed by atoms with E-state index in [0.29, 0.717) is 15.9 Å². The number of nitrogens with zero attached hydrogens (tertiary/aromatic N) is 1. The van der Waals surface area contributed by atoms with Crippen LogP contribution in [0.25, 0.3) is 10.2 Å². The standard InChI is InChI=1S/C15H9F4N3O2S/c16-8-1-3-9(4-2-8)20-13(23)22-14-21-11-6-5-10(7-12(11)25-14)24-15(17,18)19/h1-7H,(H2,20,21,22,23). The Morgan fingerprint density at radius 1 is 1.08 bits per heavy atom. The lowest BCUT2D eigenvalue weighted by atomic mass is 10.3. The van der Waals surface area contributed by atoms with Gasteiger partial charge in [-0.1, -0.05) is 11.3 Å². The summed E-state index contributed by atoms with van der Waals surface area (Å²) in [5.41, 5.74) is 0.789. The van der Waals surface area contributed by atoms with Gasteiger partial charge in [-0.3, -0.25) is 5.32 Å². The summed E-state index contributed by atoms with van der Waals surface area (Å²) in [6, 6.07) is 8.21. The van der Waals surface area contributed by atoms with Crippen molar-refractivity contribution < 1.29 is 27.1 Å². The Hall–Kier alpha value is -2.88. The van der Waals surface area contributed by atoms with Gasteiger partial charge < -0.3 is 10.1 Å². The maximum atomic E-state index is 12.8. The molecular weight excluding hydrogens is 362 g/mol. The number of halogens is 4. The van der Waals surface area contributed by atoms with Crippen LogP contribution in [0.3, 0.4) is 0 Å². The molecule has 0 saturated carbocycles. The fourth-order valence-corrected chi connectivity index (χ4v) is 2.84. The van der Waals surface area contributed by atoms with Crippen LogP contribution in [0.2, 0.25) is 0 Å². The van der Waals surface area contributed by atoms with Crippen LogP contribution in [0.4, 0.5) is 33.2 Å². The number of nitrogens with one attached hydrogen (secondary N) is 2. The van der Waals surface area contributed by atoms with Crippen LogP contribution >= 0.6 is 11.3 Å². The number of urea groups is 1. The van der Waals surface area contributed by atoms with Gasteiger partial charge in [0.1, 0.15) is 11.6 Å². The van der Waals surface area contributed by atoms with Crippen molar-refractivity contribution in [3.8, 4) is 5.75 Å². The molecule has 3 rings (SSSR count). The molecule has 3 aromatic rings. The summed E-state index contributed by atoms with van der Waals surface area (Å²) in [6.07, 6.45) is -4.78. The molecule has 0 radical (unpaired) electrons. The molecule has 0 aliphatic carbocycles. The normalized spacial score (nSPS) is 11.4. The van der Waals surface area contributed by atoms with E-state index < -0.39 is 18.2 Å². The van der Waals surface area contributed by atoms with E-state index in [1.165, 1.54) is 36.4 Å². The summed E-state index contributed by atoms with van der Waals surface area (Å²) >= 11 is 0.988. The second kappa shape index (κ2) is 6.55. The van der Waals surface area contributed by atoms with Crippen molar-refractivity contribution in [2.75, 3.05) is 10.6 Å². The van der Waals surface area contributed by atoms with Crippen molar-refractivity contribution in [2.24, 2.45) is 0 Å². The number of aromatic nitrogens is 1. The van der Waals surface area contributed by atoms with Gasteiger partial charge in [-0.15, -0.1) is 13.2 Å². The van der Waals surface area contributed by atoms with Crippen molar-refractivity contribution in [3.63, 3.8) is 0 Å². The van der Waals surface area contributed by atoms with Gasteiger partial charge in [-0.05, 0) is 36.4 Å². The number of rotatable bonds is 3. The van der Waals surface area contributed by atoms with Crippen molar-refractivity contribution in [1.29, 1.82) is 0 Å². The van der Waals surface area contributed by atoms with Crippen LogP contribution in [0, 0.1) is 5.82 Å². The fourth-order valence-electron chi connectivity index (χ4n) is 1.95. The van der Waals surface area contributed by atoms with E-state index in [1.807, 2.05) is 0 Å². The fraction of sp³-hybridized carbons (Fsp3) is 0.0667. The van der Waals surface area contributed by atoms with Gasteiger partial charge in [0.25, 0.3) is 0 Å². The Balaban J connectivity index is 1.71. The monoisotopic (exact) mass is 371 g/mol. The number of amides is 2. The molecule has 1 aromatic heterocycles. The molecule has 0 atom stereocenters. The predicted octanol–water partition coefficient (Wildman–Crippen LogP) is 4.98. The number of hydrogen-bond acceptors (Lipinski definition) is 4. The highest BCUT2D eigenvalue weighted by molar-refractivity contribution is 7.22. The van der Waals surface area contributed by atoms with Crippen LogP contribution in [0.5, 0.6) is 5.75 Å². The largest absolute Gasteiger partial charge is 0.573 e. The summed E-state index contributed by atoms with van der Waals surface area (Å²) in [5.74, 6) is -0.806. The maximum absolute atomic E-state index is 12.8. The third-order valence-electron chi connectivity index (χ3n) is 2.92. The van der Waals surface area contributed by atoms with Crippen LogP contribution < -0.4 is 15.4 Å². The Morgan fingerprint density at radius 2 is 1.80 bits per heavy atom. The average molecular weight is 371 g/mol. The van der Waals surface area contributed by atoms with Crippen molar-refractivity contribution in [1.82, 2.24) is 4.98 Å². The first-order valence-corrected chi connectivity index (χ1v) is 7.60. The molecule has 130 valence electrons. The van der Waals surface area contributed by atoms with E-state index in [2.05, 4.69) is 20.4 Å². The zero-order chi connectivity index (χ0) is 18.0. The zero-order valence-corrected chi connectivity index (χ0v) is 13.0. The molecule has 10 heteroatoms. The highest BCUT2D eigenvalue weighted by Gasteiger charge is 2.31. The topological polar surface area (TPSA) is 63.2 Å². The van der Waals surface area contributed by atoms with Crippen molar-refractivity contribution in [3.05, 3.63) is 48.3 Å². The van der Waals surface area contributed by atoms with Crippen LogP contribution in [0.15, 0.2) is 42.5 Å². The van der Waals surface area contributed by atoms with Crippen molar-refractivity contribution >= 4 is 38.4 Å². The van der Waals surface area contributed by atoms with E-state index in [0.717, 1.165) is 17.4 Å². The van der Waals surface area contributed by atoms with E-state index in [9.17, 15) is 22.4 Å². The lowest BCUT2D eigenvalue weighted by Crippen LogP contribution is -2.19. The number of thiazole rings is 1. The second-order valence-electron chi connectivity index (χ2n) is 4.78. The lowest BCUT2D eigenvalue weighted by molar-refractivity contribution is -0.274. The zero-order valence-electron chi connectivity index (χ0n) is 12.2. The van der Waals surface area contributed by atoms with E-state index in [4.69, 9.17) is 0 Å². The smallest absolute Gasteiger partial charge is 0.406 e. The minimum absolute atomic E-state index is 0.193. The number of hydrogen-bond donors (Lipinski definition) is 2. The lowest BCUT2D eigenvalue weighted by Gasteiger charge is -2.07. The average Bonchev–Trinajstić information content (AvgIpc) is 2.89. The Labute approximate surface area is 142 Å². The molecule has 0 aliphatic heterocycles. The molecule has 0 fully saturated rings. The molecule has 1 heterocycles. The number of alkyl halides is 3. The number of carbonyl (C=O) groups excluding carboxylic acids is 1. The SMILES string of the molecule is O=C(Nc1ccc(F)cc1)Nc1nc2ccc(OC(F)(F)F)cc2s1.